The van der Waals surface area contributed by atoms with Crippen molar-refractivity contribution < 1.29 is 14.7 Å². The Morgan fingerprint density at radius 2 is 1.42 bits per heavy atom. The first-order chi connectivity index (χ1) is 12.5. The van der Waals surface area contributed by atoms with Gasteiger partial charge >= 0.3 is 5.97 Å². The van der Waals surface area contributed by atoms with Crippen LogP contribution in [-0.4, -0.2) is 52.6 Å². The van der Waals surface area contributed by atoms with Gasteiger partial charge in [-0.2, -0.15) is 0 Å². The van der Waals surface area contributed by atoms with Crippen LogP contribution in [0.25, 0.3) is 0 Å². The maximum absolute atomic E-state index is 11.4. The average Bonchev–Trinajstić information content (AvgIpc) is 3.13. The van der Waals surface area contributed by atoms with Gasteiger partial charge in [-0.05, 0) is 45.4 Å². The van der Waals surface area contributed by atoms with E-state index >= 15 is 0 Å². The molecule has 0 radical (unpaired) electrons. The third-order valence-corrected chi connectivity index (χ3v) is 5.89. The number of hydrogen-bond acceptors (Lipinski definition) is 4. The standard InChI is InChI=1S/C12H23N.C8H14N2O3/c1-3-7-11(8-4-1)13-12-9-5-2-6-10-12;1-5(9)7(11)10-4-2-3-6(10)8(12)13/h11-13H,1-10H2;5-6H,2-4,9H2,1H3,(H,12,13). The zero-order valence-electron chi connectivity index (χ0n) is 16.3. The van der Waals surface area contributed by atoms with E-state index in [2.05, 4.69) is 5.32 Å². The lowest BCUT2D eigenvalue weighted by molar-refractivity contribution is -0.148. The van der Waals surface area contributed by atoms with Crippen molar-refractivity contribution in [2.24, 2.45) is 5.73 Å². The van der Waals surface area contributed by atoms with E-state index in [0.717, 1.165) is 18.5 Å². The summed E-state index contributed by atoms with van der Waals surface area (Å²) in [6, 6.07) is 0.465. The molecule has 2 unspecified atom stereocenters. The van der Waals surface area contributed by atoms with Crippen LogP contribution in [-0.2, 0) is 9.59 Å². The summed E-state index contributed by atoms with van der Waals surface area (Å²) >= 11 is 0. The van der Waals surface area contributed by atoms with E-state index in [4.69, 9.17) is 10.8 Å². The van der Waals surface area contributed by atoms with E-state index in [1.807, 2.05) is 0 Å². The highest BCUT2D eigenvalue weighted by molar-refractivity contribution is 5.87. The number of carboxylic acids is 1. The van der Waals surface area contributed by atoms with Gasteiger partial charge in [-0.25, -0.2) is 4.79 Å². The number of rotatable bonds is 4. The van der Waals surface area contributed by atoms with E-state index < -0.39 is 18.1 Å². The molecule has 2 aliphatic carbocycles. The average molecular weight is 368 g/mol. The van der Waals surface area contributed by atoms with Crippen LogP contribution in [0.3, 0.4) is 0 Å². The van der Waals surface area contributed by atoms with Gasteiger partial charge in [-0.3, -0.25) is 4.79 Å². The Morgan fingerprint density at radius 3 is 1.85 bits per heavy atom. The zero-order valence-corrected chi connectivity index (χ0v) is 16.3. The Bertz CT molecular complexity index is 428. The predicted octanol–water partition coefficient (Wildman–Crippen LogP) is 2.65. The van der Waals surface area contributed by atoms with Crippen LogP contribution in [0.4, 0.5) is 0 Å². The smallest absolute Gasteiger partial charge is 0.326 e. The number of carbonyl (C=O) groups excluding carboxylic acids is 1. The zero-order chi connectivity index (χ0) is 18.9. The molecule has 0 aromatic rings. The van der Waals surface area contributed by atoms with Crippen LogP contribution in [0.2, 0.25) is 0 Å². The normalized spacial score (nSPS) is 26.1. The highest BCUT2D eigenvalue weighted by Gasteiger charge is 2.34. The second-order valence-corrected chi connectivity index (χ2v) is 8.15. The molecule has 3 aliphatic rings. The van der Waals surface area contributed by atoms with Gasteiger partial charge in [-0.15, -0.1) is 0 Å². The Balaban J connectivity index is 0.000000187. The third kappa shape index (κ3) is 6.54. The number of hydrogen-bond donors (Lipinski definition) is 3. The summed E-state index contributed by atoms with van der Waals surface area (Å²) in [5, 5.41) is 12.6. The number of nitrogens with two attached hydrogens (primary N) is 1. The minimum absolute atomic E-state index is 0.273. The van der Waals surface area contributed by atoms with Gasteiger partial charge in [0.15, 0.2) is 0 Å². The van der Waals surface area contributed by atoms with Crippen LogP contribution in [0, 0.1) is 0 Å². The molecule has 1 amide bonds. The lowest BCUT2D eigenvalue weighted by Gasteiger charge is -2.30. The van der Waals surface area contributed by atoms with Gasteiger partial charge < -0.3 is 21.1 Å². The van der Waals surface area contributed by atoms with E-state index in [1.54, 1.807) is 6.92 Å². The topological polar surface area (TPSA) is 95.7 Å². The molecule has 2 saturated carbocycles. The van der Waals surface area contributed by atoms with Crippen molar-refractivity contribution in [1.82, 2.24) is 10.2 Å². The second kappa shape index (κ2) is 10.9. The number of carboxylic acid groups (broad SMARTS) is 1. The maximum Gasteiger partial charge on any atom is 0.326 e. The van der Waals surface area contributed by atoms with Gasteiger partial charge in [0.2, 0.25) is 5.91 Å². The summed E-state index contributed by atoms with van der Waals surface area (Å²) in [6.45, 7) is 2.08. The predicted molar refractivity (Wildman–Crippen MR) is 103 cm³/mol. The van der Waals surface area contributed by atoms with Crippen LogP contribution in [0.5, 0.6) is 0 Å². The van der Waals surface area contributed by atoms with Gasteiger partial charge in [0.1, 0.15) is 6.04 Å². The summed E-state index contributed by atoms with van der Waals surface area (Å²) in [5.41, 5.74) is 5.39. The largest absolute Gasteiger partial charge is 0.480 e. The van der Waals surface area contributed by atoms with Crippen molar-refractivity contribution in [3.63, 3.8) is 0 Å². The van der Waals surface area contributed by atoms with E-state index in [0.29, 0.717) is 13.0 Å². The van der Waals surface area contributed by atoms with Crippen LogP contribution in [0.1, 0.15) is 84.0 Å². The maximum atomic E-state index is 11.4. The molecular formula is C20H37N3O3. The minimum atomic E-state index is -0.938. The molecule has 3 fully saturated rings. The van der Waals surface area contributed by atoms with Crippen molar-refractivity contribution >= 4 is 11.9 Å². The molecule has 1 aliphatic heterocycles. The molecule has 1 heterocycles. The van der Waals surface area contributed by atoms with E-state index in [1.165, 1.54) is 69.1 Å². The van der Waals surface area contributed by atoms with Crippen molar-refractivity contribution in [2.45, 2.75) is 108 Å². The van der Waals surface area contributed by atoms with E-state index in [9.17, 15) is 9.59 Å². The molecular weight excluding hydrogens is 330 g/mol. The minimum Gasteiger partial charge on any atom is -0.480 e. The van der Waals surface area contributed by atoms with Gasteiger partial charge in [0.25, 0.3) is 0 Å². The first-order valence-electron chi connectivity index (χ1n) is 10.5. The molecule has 6 nitrogen and oxygen atoms in total. The van der Waals surface area contributed by atoms with Gasteiger partial charge in [0.05, 0.1) is 6.04 Å². The SMILES string of the molecule is C1CCC(NC2CCCCC2)CC1.CC(N)C(=O)N1CCCC1C(=O)O. The fraction of sp³-hybridized carbons (Fsp3) is 0.900. The molecule has 0 bridgehead atoms. The molecule has 2 atom stereocenters. The number of nitrogens with one attached hydrogen (secondary N) is 1. The summed E-state index contributed by atoms with van der Waals surface area (Å²) in [5.74, 6) is -1.21. The number of nitrogens with zero attached hydrogens (tertiary/aromatic N) is 1. The first kappa shape index (κ1) is 21.2. The van der Waals surface area contributed by atoms with Crippen molar-refractivity contribution in [2.75, 3.05) is 6.54 Å². The Kier molecular flexibility index (Phi) is 8.85. The van der Waals surface area contributed by atoms with Crippen molar-refractivity contribution in [3.8, 4) is 0 Å². The monoisotopic (exact) mass is 367 g/mol. The number of aliphatic carboxylic acids is 1. The summed E-state index contributed by atoms with van der Waals surface area (Å²) < 4.78 is 0. The Morgan fingerprint density at radius 1 is 0.923 bits per heavy atom. The van der Waals surface area contributed by atoms with Crippen LogP contribution < -0.4 is 11.1 Å². The highest BCUT2D eigenvalue weighted by Crippen LogP contribution is 2.22. The molecule has 3 rings (SSSR count). The number of likely N-dealkylation sites (tertiary alicyclic amines) is 1. The third-order valence-electron chi connectivity index (χ3n) is 5.89. The highest BCUT2D eigenvalue weighted by atomic mass is 16.4. The molecule has 1 saturated heterocycles. The summed E-state index contributed by atoms with van der Waals surface area (Å²) in [4.78, 5) is 23.5. The number of carbonyl (C=O) groups is 2. The number of amides is 1. The lowest BCUT2D eigenvalue weighted by Crippen LogP contribution is -2.47. The molecule has 6 heteroatoms. The molecule has 0 aromatic heterocycles. The summed E-state index contributed by atoms with van der Waals surface area (Å²) in [6.07, 6.45) is 15.8. The van der Waals surface area contributed by atoms with Crippen LogP contribution >= 0.6 is 0 Å². The molecule has 150 valence electrons. The van der Waals surface area contributed by atoms with Crippen molar-refractivity contribution in [3.05, 3.63) is 0 Å². The molecule has 0 aromatic carbocycles. The first-order valence-corrected chi connectivity index (χ1v) is 10.5. The Hall–Kier alpha value is -1.14. The molecule has 4 N–H and O–H groups in total. The quantitative estimate of drug-likeness (QED) is 0.710. The lowest BCUT2D eigenvalue weighted by atomic mass is 9.91. The van der Waals surface area contributed by atoms with Crippen molar-refractivity contribution in [1.29, 1.82) is 0 Å². The molecule has 26 heavy (non-hydrogen) atoms. The fourth-order valence-corrected chi connectivity index (χ4v) is 4.42. The molecule has 0 spiro atoms. The van der Waals surface area contributed by atoms with Crippen LogP contribution in [0.15, 0.2) is 0 Å². The van der Waals surface area contributed by atoms with E-state index in [-0.39, 0.29) is 5.91 Å². The second-order valence-electron chi connectivity index (χ2n) is 8.15. The van der Waals surface area contributed by atoms with Gasteiger partial charge in [0, 0.05) is 18.6 Å². The summed E-state index contributed by atoms with van der Waals surface area (Å²) in [7, 11) is 0. The fourth-order valence-electron chi connectivity index (χ4n) is 4.42. The van der Waals surface area contributed by atoms with Gasteiger partial charge in [-0.1, -0.05) is 38.5 Å². The Labute approximate surface area is 157 Å².